The fourth-order valence-electron chi connectivity index (χ4n) is 2.64. The Balaban J connectivity index is 1.45. The zero-order chi connectivity index (χ0) is 19.9. The SMILES string of the molecule is COc1ccc(C(O)CNC(=O)CCc2ncc(-c3ccc(Cl)cc3)o2)cc1. The number of hydrogen-bond donors (Lipinski definition) is 2. The molecule has 0 aliphatic carbocycles. The molecule has 0 saturated carbocycles. The average Bonchev–Trinajstić information content (AvgIpc) is 3.20. The molecule has 7 heteroatoms. The molecule has 0 spiro atoms. The van der Waals surface area contributed by atoms with E-state index in [-0.39, 0.29) is 18.9 Å². The molecule has 1 amide bonds. The van der Waals surface area contributed by atoms with Gasteiger partial charge in [-0.1, -0.05) is 23.7 Å². The number of nitrogens with zero attached hydrogens (tertiary/aromatic N) is 1. The van der Waals surface area contributed by atoms with Crippen molar-refractivity contribution in [1.82, 2.24) is 10.3 Å². The summed E-state index contributed by atoms with van der Waals surface area (Å²) in [7, 11) is 1.58. The number of aromatic nitrogens is 1. The number of methoxy groups -OCH3 is 1. The van der Waals surface area contributed by atoms with Crippen LogP contribution in [-0.4, -0.2) is 29.7 Å². The number of aliphatic hydroxyl groups excluding tert-OH is 1. The van der Waals surface area contributed by atoms with Gasteiger partial charge in [0.2, 0.25) is 5.91 Å². The molecule has 28 heavy (non-hydrogen) atoms. The van der Waals surface area contributed by atoms with E-state index in [1.807, 2.05) is 12.1 Å². The van der Waals surface area contributed by atoms with Gasteiger partial charge in [-0.15, -0.1) is 0 Å². The molecule has 3 aromatic rings. The molecule has 6 nitrogen and oxygen atoms in total. The maximum atomic E-state index is 12.0. The van der Waals surface area contributed by atoms with Gasteiger partial charge in [-0.3, -0.25) is 4.79 Å². The summed E-state index contributed by atoms with van der Waals surface area (Å²) in [5.74, 6) is 1.64. The lowest BCUT2D eigenvalue weighted by Gasteiger charge is -2.12. The number of aliphatic hydroxyl groups is 1. The van der Waals surface area contributed by atoms with Gasteiger partial charge in [0.05, 0.1) is 19.4 Å². The van der Waals surface area contributed by atoms with Crippen LogP contribution in [0.15, 0.2) is 59.1 Å². The third-order valence-electron chi connectivity index (χ3n) is 4.24. The molecule has 0 fully saturated rings. The number of amides is 1. The van der Waals surface area contributed by atoms with Crippen LogP contribution >= 0.6 is 11.6 Å². The normalized spacial score (nSPS) is 11.8. The van der Waals surface area contributed by atoms with Crippen LogP contribution in [0.3, 0.4) is 0 Å². The molecule has 3 rings (SSSR count). The van der Waals surface area contributed by atoms with E-state index in [4.69, 9.17) is 20.8 Å². The van der Waals surface area contributed by atoms with Crippen LogP contribution in [-0.2, 0) is 11.2 Å². The number of benzene rings is 2. The van der Waals surface area contributed by atoms with Gasteiger partial charge in [0.15, 0.2) is 11.7 Å². The Morgan fingerprint density at radius 2 is 1.93 bits per heavy atom. The number of nitrogens with one attached hydrogen (secondary N) is 1. The highest BCUT2D eigenvalue weighted by Gasteiger charge is 2.12. The largest absolute Gasteiger partial charge is 0.497 e. The van der Waals surface area contributed by atoms with Crippen LogP contribution in [0.4, 0.5) is 0 Å². The average molecular weight is 401 g/mol. The van der Waals surface area contributed by atoms with Crippen LogP contribution in [0.1, 0.15) is 24.0 Å². The van der Waals surface area contributed by atoms with Crippen LogP contribution in [0, 0.1) is 0 Å². The van der Waals surface area contributed by atoms with Crippen molar-refractivity contribution in [2.24, 2.45) is 0 Å². The zero-order valence-electron chi connectivity index (χ0n) is 15.4. The topological polar surface area (TPSA) is 84.6 Å². The molecule has 146 valence electrons. The van der Waals surface area contributed by atoms with Crippen molar-refractivity contribution < 1.29 is 19.1 Å². The molecular formula is C21H21ClN2O4. The number of ether oxygens (including phenoxy) is 1. The molecular weight excluding hydrogens is 380 g/mol. The van der Waals surface area contributed by atoms with Crippen LogP contribution in [0.5, 0.6) is 5.75 Å². The highest BCUT2D eigenvalue weighted by atomic mass is 35.5. The van der Waals surface area contributed by atoms with Crippen molar-refractivity contribution in [2.45, 2.75) is 18.9 Å². The minimum Gasteiger partial charge on any atom is -0.497 e. The van der Waals surface area contributed by atoms with Crippen molar-refractivity contribution >= 4 is 17.5 Å². The Kier molecular flexibility index (Phi) is 6.68. The second-order valence-electron chi connectivity index (χ2n) is 6.22. The number of carbonyl (C=O) groups excluding carboxylic acids is 1. The Morgan fingerprint density at radius 3 is 2.61 bits per heavy atom. The van der Waals surface area contributed by atoms with E-state index in [2.05, 4.69) is 10.3 Å². The number of hydrogen-bond acceptors (Lipinski definition) is 5. The van der Waals surface area contributed by atoms with Gasteiger partial charge >= 0.3 is 0 Å². The first-order chi connectivity index (χ1) is 13.5. The number of carbonyl (C=O) groups is 1. The smallest absolute Gasteiger partial charge is 0.220 e. The van der Waals surface area contributed by atoms with E-state index in [9.17, 15) is 9.90 Å². The molecule has 0 aliphatic rings. The second-order valence-corrected chi connectivity index (χ2v) is 6.65. The van der Waals surface area contributed by atoms with Crippen molar-refractivity contribution in [1.29, 1.82) is 0 Å². The Hall–Kier alpha value is -2.83. The molecule has 0 aliphatic heterocycles. The molecule has 1 atom stereocenters. The highest BCUT2D eigenvalue weighted by molar-refractivity contribution is 6.30. The first-order valence-corrected chi connectivity index (χ1v) is 9.22. The summed E-state index contributed by atoms with van der Waals surface area (Å²) in [6.45, 7) is 0.132. The third kappa shape index (κ3) is 5.34. The van der Waals surface area contributed by atoms with Gasteiger partial charge in [0.1, 0.15) is 5.75 Å². The van der Waals surface area contributed by atoms with Crippen molar-refractivity contribution in [3.8, 4) is 17.1 Å². The van der Waals surface area contributed by atoms with Gasteiger partial charge in [-0.25, -0.2) is 4.98 Å². The molecule has 0 saturated heterocycles. The van der Waals surface area contributed by atoms with E-state index in [1.165, 1.54) is 0 Å². The maximum Gasteiger partial charge on any atom is 0.220 e. The van der Waals surface area contributed by atoms with Crippen LogP contribution < -0.4 is 10.1 Å². The van der Waals surface area contributed by atoms with Crippen molar-refractivity contribution in [2.75, 3.05) is 13.7 Å². The Bertz CT molecular complexity index is 907. The predicted octanol–water partition coefficient (Wildman–Crippen LogP) is 3.79. The van der Waals surface area contributed by atoms with Gasteiger partial charge in [-0.2, -0.15) is 0 Å². The highest BCUT2D eigenvalue weighted by Crippen LogP contribution is 2.22. The van der Waals surface area contributed by atoms with Gasteiger partial charge < -0.3 is 19.6 Å². The predicted molar refractivity (Wildman–Crippen MR) is 106 cm³/mol. The minimum absolute atomic E-state index is 0.132. The fourth-order valence-corrected chi connectivity index (χ4v) is 2.76. The lowest BCUT2D eigenvalue weighted by Crippen LogP contribution is -2.28. The molecule has 2 aromatic carbocycles. The number of aryl methyl sites for hydroxylation is 1. The summed E-state index contributed by atoms with van der Waals surface area (Å²) >= 11 is 5.88. The summed E-state index contributed by atoms with van der Waals surface area (Å²) in [6, 6.07) is 14.3. The summed E-state index contributed by atoms with van der Waals surface area (Å²) in [5, 5.41) is 13.5. The van der Waals surface area contributed by atoms with Crippen LogP contribution in [0.25, 0.3) is 11.3 Å². The van der Waals surface area contributed by atoms with Gasteiger partial charge in [0, 0.05) is 30.0 Å². The van der Waals surface area contributed by atoms with Gasteiger partial charge in [-0.05, 0) is 42.0 Å². The molecule has 1 aromatic heterocycles. The number of rotatable bonds is 8. The van der Waals surface area contributed by atoms with E-state index in [0.29, 0.717) is 34.4 Å². The van der Waals surface area contributed by atoms with Crippen molar-refractivity contribution in [3.05, 3.63) is 71.2 Å². The summed E-state index contributed by atoms with van der Waals surface area (Å²) < 4.78 is 10.8. The molecule has 0 bridgehead atoms. The van der Waals surface area contributed by atoms with Gasteiger partial charge in [0.25, 0.3) is 0 Å². The van der Waals surface area contributed by atoms with Crippen LogP contribution in [0.2, 0.25) is 5.02 Å². The quantitative estimate of drug-likeness (QED) is 0.601. The monoisotopic (exact) mass is 400 g/mol. The third-order valence-corrected chi connectivity index (χ3v) is 4.49. The first kappa shape index (κ1) is 19.9. The summed E-state index contributed by atoms with van der Waals surface area (Å²) in [5.41, 5.74) is 1.58. The Labute approximate surface area is 168 Å². The minimum atomic E-state index is -0.784. The zero-order valence-corrected chi connectivity index (χ0v) is 16.1. The number of oxazole rings is 1. The molecule has 1 heterocycles. The number of halogens is 1. The maximum absolute atomic E-state index is 12.0. The fraction of sp³-hybridized carbons (Fsp3) is 0.238. The Morgan fingerprint density at radius 1 is 1.21 bits per heavy atom. The molecule has 2 N–H and O–H groups in total. The molecule has 1 unspecified atom stereocenters. The van der Waals surface area contributed by atoms with E-state index < -0.39 is 6.10 Å². The molecule has 0 radical (unpaired) electrons. The standard InChI is InChI=1S/C21H21ClN2O4/c1-27-17-8-4-14(5-9-17)18(25)12-23-20(26)10-11-21-24-13-19(28-21)15-2-6-16(22)7-3-15/h2-9,13,18,25H,10-12H2,1H3,(H,23,26). The van der Waals surface area contributed by atoms with E-state index in [0.717, 1.165) is 5.56 Å². The lowest BCUT2D eigenvalue weighted by atomic mass is 10.1. The van der Waals surface area contributed by atoms with E-state index >= 15 is 0 Å². The van der Waals surface area contributed by atoms with E-state index in [1.54, 1.807) is 49.7 Å². The second kappa shape index (κ2) is 9.39. The lowest BCUT2D eigenvalue weighted by molar-refractivity contribution is -0.121. The first-order valence-electron chi connectivity index (χ1n) is 8.84. The summed E-state index contributed by atoms with van der Waals surface area (Å²) in [4.78, 5) is 16.2. The summed E-state index contributed by atoms with van der Waals surface area (Å²) in [6.07, 6.45) is 1.44. The van der Waals surface area contributed by atoms with Crippen molar-refractivity contribution in [3.63, 3.8) is 0 Å².